The molecule has 2 aliphatic rings. The van der Waals surface area contributed by atoms with E-state index in [0.29, 0.717) is 29.6 Å². The van der Waals surface area contributed by atoms with E-state index in [1.165, 1.54) is 22.3 Å². The SMILES string of the molecule is O=C(c1cc(Cl)cc(NCS)c1)N1CCC2=C(Cc3ccc(Cl)cc32)C1. The van der Waals surface area contributed by atoms with Gasteiger partial charge in [0.25, 0.3) is 5.91 Å². The molecule has 1 amide bonds. The van der Waals surface area contributed by atoms with E-state index in [1.807, 2.05) is 23.1 Å². The van der Waals surface area contributed by atoms with Crippen LogP contribution in [0.4, 0.5) is 5.69 Å². The molecular formula is C20H18Cl2N2OS. The quantitative estimate of drug-likeness (QED) is 0.547. The molecule has 0 saturated heterocycles. The summed E-state index contributed by atoms with van der Waals surface area (Å²) in [6.45, 7) is 1.35. The van der Waals surface area contributed by atoms with Crippen LogP contribution in [0.5, 0.6) is 0 Å². The van der Waals surface area contributed by atoms with E-state index in [1.54, 1.807) is 12.1 Å². The van der Waals surface area contributed by atoms with Gasteiger partial charge in [0.1, 0.15) is 0 Å². The van der Waals surface area contributed by atoms with Crippen molar-refractivity contribution in [1.82, 2.24) is 4.90 Å². The van der Waals surface area contributed by atoms with Crippen molar-refractivity contribution in [1.29, 1.82) is 0 Å². The fourth-order valence-corrected chi connectivity index (χ4v) is 4.38. The maximum Gasteiger partial charge on any atom is 0.254 e. The van der Waals surface area contributed by atoms with Crippen molar-refractivity contribution in [3.8, 4) is 0 Å². The number of carbonyl (C=O) groups excluding carboxylic acids is 1. The molecule has 134 valence electrons. The van der Waals surface area contributed by atoms with Crippen LogP contribution in [-0.4, -0.2) is 29.8 Å². The van der Waals surface area contributed by atoms with Gasteiger partial charge in [-0.25, -0.2) is 0 Å². The van der Waals surface area contributed by atoms with Gasteiger partial charge in [0.2, 0.25) is 0 Å². The van der Waals surface area contributed by atoms with Crippen molar-refractivity contribution >= 4 is 53.0 Å². The summed E-state index contributed by atoms with van der Waals surface area (Å²) in [5.41, 5.74) is 6.63. The lowest BCUT2D eigenvalue weighted by atomic mass is 9.98. The molecule has 1 N–H and O–H groups in total. The van der Waals surface area contributed by atoms with Gasteiger partial charge in [-0.2, -0.15) is 12.6 Å². The van der Waals surface area contributed by atoms with E-state index in [9.17, 15) is 4.79 Å². The summed E-state index contributed by atoms with van der Waals surface area (Å²) in [5.74, 6) is 0.490. The standard InChI is InChI=1S/C20H18Cl2N2OS/c21-15-2-1-12-5-14-10-24(4-3-18(14)19(12)9-15)20(25)13-6-16(22)8-17(7-13)23-11-26/h1-2,6-9,23,26H,3-5,10-11H2. The zero-order valence-corrected chi connectivity index (χ0v) is 16.5. The Balaban J connectivity index is 1.57. The molecule has 6 heteroatoms. The van der Waals surface area contributed by atoms with E-state index in [2.05, 4.69) is 24.0 Å². The Morgan fingerprint density at radius 1 is 1.15 bits per heavy atom. The van der Waals surface area contributed by atoms with Gasteiger partial charge in [0.05, 0.1) is 5.88 Å². The van der Waals surface area contributed by atoms with Crippen LogP contribution >= 0.6 is 35.8 Å². The predicted molar refractivity (Wildman–Crippen MR) is 112 cm³/mol. The maximum atomic E-state index is 13.0. The molecule has 2 aromatic rings. The molecule has 0 aromatic heterocycles. The molecule has 1 aliphatic heterocycles. The molecule has 2 aromatic carbocycles. The molecule has 3 nitrogen and oxygen atoms in total. The summed E-state index contributed by atoms with van der Waals surface area (Å²) >= 11 is 16.5. The number of halogens is 2. The summed E-state index contributed by atoms with van der Waals surface area (Å²) in [7, 11) is 0. The summed E-state index contributed by atoms with van der Waals surface area (Å²) in [6, 6.07) is 11.4. The Bertz CT molecular complexity index is 926. The van der Waals surface area contributed by atoms with Crippen LogP contribution in [0.25, 0.3) is 5.57 Å². The van der Waals surface area contributed by atoms with Gasteiger partial charge in [-0.3, -0.25) is 4.79 Å². The minimum absolute atomic E-state index is 0.00949. The molecule has 0 radical (unpaired) electrons. The van der Waals surface area contributed by atoms with Gasteiger partial charge in [-0.15, -0.1) is 0 Å². The topological polar surface area (TPSA) is 32.3 Å². The highest BCUT2D eigenvalue weighted by molar-refractivity contribution is 7.80. The largest absolute Gasteiger partial charge is 0.376 e. The number of nitrogens with zero attached hydrogens (tertiary/aromatic N) is 1. The maximum absolute atomic E-state index is 13.0. The first-order chi connectivity index (χ1) is 12.5. The Morgan fingerprint density at radius 3 is 2.81 bits per heavy atom. The summed E-state index contributed by atoms with van der Waals surface area (Å²) in [6.07, 6.45) is 1.75. The normalized spacial score (nSPS) is 15.7. The van der Waals surface area contributed by atoms with Crippen molar-refractivity contribution in [3.05, 3.63) is 68.7 Å². The minimum Gasteiger partial charge on any atom is -0.376 e. The smallest absolute Gasteiger partial charge is 0.254 e. The van der Waals surface area contributed by atoms with Crippen LogP contribution in [0.3, 0.4) is 0 Å². The monoisotopic (exact) mass is 404 g/mol. The Labute approximate surface area is 168 Å². The van der Waals surface area contributed by atoms with E-state index in [-0.39, 0.29) is 5.91 Å². The third-order valence-electron chi connectivity index (χ3n) is 4.96. The second kappa shape index (κ2) is 7.18. The number of nitrogens with one attached hydrogen (secondary N) is 1. The van der Waals surface area contributed by atoms with Crippen LogP contribution in [-0.2, 0) is 6.42 Å². The minimum atomic E-state index is 0.00949. The van der Waals surface area contributed by atoms with Gasteiger partial charge in [0, 0.05) is 34.4 Å². The van der Waals surface area contributed by atoms with Crippen molar-refractivity contribution in [2.75, 3.05) is 24.3 Å². The summed E-state index contributed by atoms with van der Waals surface area (Å²) in [4.78, 5) is 14.9. The van der Waals surface area contributed by atoms with Gasteiger partial charge in [0.15, 0.2) is 0 Å². The van der Waals surface area contributed by atoms with Gasteiger partial charge < -0.3 is 10.2 Å². The average Bonchev–Trinajstić information content (AvgIpc) is 2.98. The van der Waals surface area contributed by atoms with Crippen LogP contribution in [0.2, 0.25) is 10.0 Å². The first-order valence-corrected chi connectivity index (χ1v) is 9.88. The molecule has 0 unspecified atom stereocenters. The molecule has 0 fully saturated rings. The molecule has 0 bridgehead atoms. The number of fused-ring (bicyclic) bond motifs is 2. The lowest BCUT2D eigenvalue weighted by molar-refractivity contribution is 0.0768. The van der Waals surface area contributed by atoms with Crippen LogP contribution in [0.15, 0.2) is 42.0 Å². The molecule has 4 rings (SSSR count). The van der Waals surface area contributed by atoms with Crippen molar-refractivity contribution in [2.45, 2.75) is 12.8 Å². The van der Waals surface area contributed by atoms with E-state index >= 15 is 0 Å². The number of anilines is 1. The lowest BCUT2D eigenvalue weighted by Gasteiger charge is -2.29. The van der Waals surface area contributed by atoms with Crippen LogP contribution in [0, 0.1) is 0 Å². The highest BCUT2D eigenvalue weighted by Gasteiger charge is 2.29. The Hall–Kier alpha value is -1.62. The zero-order valence-electron chi connectivity index (χ0n) is 14.1. The number of thiol groups is 1. The molecule has 0 saturated carbocycles. The van der Waals surface area contributed by atoms with E-state index in [4.69, 9.17) is 23.2 Å². The van der Waals surface area contributed by atoms with E-state index < -0.39 is 0 Å². The first kappa shape index (κ1) is 17.8. The highest BCUT2D eigenvalue weighted by atomic mass is 35.5. The number of amides is 1. The fraction of sp³-hybridized carbons (Fsp3) is 0.250. The average molecular weight is 405 g/mol. The number of rotatable bonds is 3. The molecule has 1 heterocycles. The summed E-state index contributed by atoms with van der Waals surface area (Å²) in [5, 5.41) is 4.39. The molecule has 0 atom stereocenters. The molecular weight excluding hydrogens is 387 g/mol. The van der Waals surface area contributed by atoms with Gasteiger partial charge in [-0.1, -0.05) is 29.3 Å². The van der Waals surface area contributed by atoms with Gasteiger partial charge in [-0.05, 0) is 65.4 Å². The zero-order chi connectivity index (χ0) is 18.3. The second-order valence-electron chi connectivity index (χ2n) is 6.60. The second-order valence-corrected chi connectivity index (χ2v) is 7.79. The number of hydrogen-bond donors (Lipinski definition) is 2. The fourth-order valence-electron chi connectivity index (χ4n) is 3.79. The molecule has 26 heavy (non-hydrogen) atoms. The van der Waals surface area contributed by atoms with Crippen LogP contribution < -0.4 is 5.32 Å². The lowest BCUT2D eigenvalue weighted by Crippen LogP contribution is -2.36. The molecule has 0 spiro atoms. The van der Waals surface area contributed by atoms with Crippen molar-refractivity contribution in [3.63, 3.8) is 0 Å². The third kappa shape index (κ3) is 3.34. The van der Waals surface area contributed by atoms with Crippen LogP contribution in [0.1, 0.15) is 27.9 Å². The molecule has 1 aliphatic carbocycles. The first-order valence-electron chi connectivity index (χ1n) is 8.49. The van der Waals surface area contributed by atoms with Crippen molar-refractivity contribution in [2.24, 2.45) is 0 Å². The Morgan fingerprint density at radius 2 is 2.00 bits per heavy atom. The highest BCUT2D eigenvalue weighted by Crippen LogP contribution is 2.39. The number of hydrogen-bond acceptors (Lipinski definition) is 3. The van der Waals surface area contributed by atoms with Gasteiger partial charge >= 0.3 is 0 Å². The Kier molecular flexibility index (Phi) is 4.91. The summed E-state index contributed by atoms with van der Waals surface area (Å²) < 4.78 is 0. The number of benzene rings is 2. The third-order valence-corrected chi connectivity index (χ3v) is 5.57. The number of carbonyl (C=O) groups is 1. The van der Waals surface area contributed by atoms with E-state index in [0.717, 1.165) is 23.6 Å². The predicted octanol–water partition coefficient (Wildman–Crippen LogP) is 5.15. The van der Waals surface area contributed by atoms with Crippen molar-refractivity contribution < 1.29 is 4.79 Å².